The van der Waals surface area contributed by atoms with Crippen molar-refractivity contribution < 1.29 is 19.1 Å². The topological polar surface area (TPSA) is 83.1 Å². The number of rotatable bonds is 4. The Bertz CT molecular complexity index is 967. The summed E-state index contributed by atoms with van der Waals surface area (Å²) in [6.45, 7) is 4.26. The minimum atomic E-state index is -0.369. The van der Waals surface area contributed by atoms with Crippen molar-refractivity contribution in [2.75, 3.05) is 36.8 Å². The highest BCUT2D eigenvalue weighted by atomic mass is 16.7. The van der Waals surface area contributed by atoms with Crippen LogP contribution in [0.25, 0.3) is 0 Å². The summed E-state index contributed by atoms with van der Waals surface area (Å²) in [7, 11) is 0. The predicted octanol–water partition coefficient (Wildman–Crippen LogP) is 1.84. The number of anilines is 2. The molecule has 0 aromatic heterocycles. The van der Waals surface area contributed by atoms with E-state index in [2.05, 4.69) is 22.6 Å². The van der Waals surface area contributed by atoms with Crippen molar-refractivity contribution in [3.63, 3.8) is 0 Å². The molecule has 2 aromatic rings. The number of carbonyl (C=O) groups excluding carboxylic acids is 2. The van der Waals surface area contributed by atoms with Gasteiger partial charge in [0.1, 0.15) is 0 Å². The maximum absolute atomic E-state index is 13.2. The van der Waals surface area contributed by atoms with E-state index < -0.39 is 0 Å². The van der Waals surface area contributed by atoms with Crippen LogP contribution in [-0.4, -0.2) is 49.2 Å². The molecule has 3 unspecified atom stereocenters. The van der Waals surface area contributed by atoms with Crippen LogP contribution in [-0.2, 0) is 9.59 Å². The number of nitrogens with zero attached hydrogens (tertiary/aromatic N) is 2. The van der Waals surface area contributed by atoms with Crippen molar-refractivity contribution in [1.82, 2.24) is 10.3 Å². The molecule has 2 aromatic carbocycles. The van der Waals surface area contributed by atoms with Crippen molar-refractivity contribution in [2.24, 2.45) is 11.8 Å². The van der Waals surface area contributed by atoms with Crippen molar-refractivity contribution in [3.8, 4) is 11.5 Å². The van der Waals surface area contributed by atoms with Crippen molar-refractivity contribution >= 4 is 23.2 Å². The molecule has 3 heterocycles. The van der Waals surface area contributed by atoms with Gasteiger partial charge in [0.25, 0.3) is 0 Å². The number of likely N-dealkylation sites (tertiary alicyclic amines) is 1. The second-order valence-corrected chi connectivity index (χ2v) is 7.79. The Labute approximate surface area is 174 Å². The number of para-hydroxylation sites is 1. The second kappa shape index (κ2) is 7.62. The SMILES string of the molecule is CCN1CC(C(=O)Nc2ccc3c(c2)OCO3)C2NN(c3ccccc3)C(=O)C2C1. The first-order valence-corrected chi connectivity index (χ1v) is 10.2. The predicted molar refractivity (Wildman–Crippen MR) is 111 cm³/mol. The first kappa shape index (κ1) is 18.9. The first-order chi connectivity index (χ1) is 14.6. The zero-order valence-corrected chi connectivity index (χ0v) is 16.7. The van der Waals surface area contributed by atoms with Gasteiger partial charge < -0.3 is 19.7 Å². The summed E-state index contributed by atoms with van der Waals surface area (Å²) < 4.78 is 10.7. The number of hydrazine groups is 1. The summed E-state index contributed by atoms with van der Waals surface area (Å²) in [6.07, 6.45) is 0. The fourth-order valence-corrected chi connectivity index (χ4v) is 4.42. The standard InChI is InChI=1S/C22H24N4O4/c1-2-25-11-16(21(27)23-14-8-9-18-19(10-14)30-13-29-18)20-17(12-25)22(28)26(24-20)15-6-4-3-5-7-15/h3-10,16-17,20,24H,2,11-13H2,1H3,(H,23,27). The Morgan fingerprint density at radius 2 is 1.93 bits per heavy atom. The van der Waals surface area contributed by atoms with E-state index in [4.69, 9.17) is 9.47 Å². The van der Waals surface area contributed by atoms with E-state index in [0.29, 0.717) is 30.3 Å². The average molecular weight is 408 g/mol. The lowest BCUT2D eigenvalue weighted by Crippen LogP contribution is -2.55. The van der Waals surface area contributed by atoms with Crippen LogP contribution in [0.2, 0.25) is 0 Å². The van der Waals surface area contributed by atoms with Crippen LogP contribution in [0.4, 0.5) is 11.4 Å². The molecule has 0 radical (unpaired) electrons. The van der Waals surface area contributed by atoms with E-state index in [1.54, 1.807) is 23.2 Å². The molecule has 0 saturated carbocycles. The fraction of sp³-hybridized carbons (Fsp3) is 0.364. The largest absolute Gasteiger partial charge is 0.454 e. The molecule has 2 amide bonds. The van der Waals surface area contributed by atoms with E-state index in [1.807, 2.05) is 30.3 Å². The number of benzene rings is 2. The molecule has 3 aliphatic rings. The van der Waals surface area contributed by atoms with Gasteiger partial charge in [-0.2, -0.15) is 0 Å². The molecule has 2 N–H and O–H groups in total. The third kappa shape index (κ3) is 3.28. The minimum Gasteiger partial charge on any atom is -0.454 e. The summed E-state index contributed by atoms with van der Waals surface area (Å²) in [5, 5.41) is 4.59. The molecule has 0 aliphatic carbocycles. The van der Waals surface area contributed by atoms with Crippen molar-refractivity contribution in [2.45, 2.75) is 13.0 Å². The van der Waals surface area contributed by atoms with Crippen LogP contribution in [0.15, 0.2) is 48.5 Å². The van der Waals surface area contributed by atoms with Gasteiger partial charge in [0, 0.05) is 24.8 Å². The van der Waals surface area contributed by atoms with Crippen LogP contribution < -0.4 is 25.2 Å². The second-order valence-electron chi connectivity index (χ2n) is 7.79. The summed E-state index contributed by atoms with van der Waals surface area (Å²) >= 11 is 0. The van der Waals surface area contributed by atoms with Gasteiger partial charge in [0.2, 0.25) is 18.6 Å². The van der Waals surface area contributed by atoms with Crippen LogP contribution in [0, 0.1) is 11.8 Å². The molecule has 30 heavy (non-hydrogen) atoms. The molecule has 156 valence electrons. The number of piperidine rings is 1. The van der Waals surface area contributed by atoms with Gasteiger partial charge in [-0.15, -0.1) is 0 Å². The zero-order valence-electron chi connectivity index (χ0n) is 16.7. The highest BCUT2D eigenvalue weighted by molar-refractivity contribution is 6.00. The van der Waals surface area contributed by atoms with E-state index >= 15 is 0 Å². The van der Waals surface area contributed by atoms with Gasteiger partial charge in [-0.3, -0.25) is 9.59 Å². The number of fused-ring (bicyclic) bond motifs is 2. The quantitative estimate of drug-likeness (QED) is 0.803. The van der Waals surface area contributed by atoms with Gasteiger partial charge >= 0.3 is 0 Å². The smallest absolute Gasteiger partial charge is 0.247 e. The van der Waals surface area contributed by atoms with E-state index in [-0.39, 0.29) is 36.5 Å². The van der Waals surface area contributed by atoms with Crippen LogP contribution in [0.1, 0.15) is 6.92 Å². The zero-order chi connectivity index (χ0) is 20.7. The van der Waals surface area contributed by atoms with Crippen molar-refractivity contribution in [3.05, 3.63) is 48.5 Å². The molecule has 2 fully saturated rings. The molecule has 8 nitrogen and oxygen atoms in total. The Morgan fingerprint density at radius 3 is 2.73 bits per heavy atom. The highest BCUT2D eigenvalue weighted by Gasteiger charge is 2.50. The maximum atomic E-state index is 13.2. The lowest BCUT2D eigenvalue weighted by atomic mass is 9.84. The molecule has 0 spiro atoms. The highest BCUT2D eigenvalue weighted by Crippen LogP contribution is 2.35. The number of carbonyl (C=O) groups is 2. The normalized spacial score (nSPS) is 25.3. The molecular formula is C22H24N4O4. The minimum absolute atomic E-state index is 0.00484. The Balaban J connectivity index is 1.38. The summed E-state index contributed by atoms with van der Waals surface area (Å²) in [5.74, 6) is 0.541. The van der Waals surface area contributed by atoms with Crippen LogP contribution >= 0.6 is 0 Å². The number of nitrogens with one attached hydrogen (secondary N) is 2. The molecule has 5 rings (SSSR count). The fourth-order valence-electron chi connectivity index (χ4n) is 4.42. The molecule has 3 atom stereocenters. The average Bonchev–Trinajstić information content (AvgIpc) is 3.37. The third-order valence-corrected chi connectivity index (χ3v) is 6.03. The van der Waals surface area contributed by atoms with E-state index in [9.17, 15) is 9.59 Å². The summed E-state index contributed by atoms with van der Waals surface area (Å²) in [5.41, 5.74) is 4.75. The number of hydrogen-bond donors (Lipinski definition) is 2. The summed E-state index contributed by atoms with van der Waals surface area (Å²) in [6, 6.07) is 14.6. The van der Waals surface area contributed by atoms with Gasteiger partial charge in [-0.1, -0.05) is 25.1 Å². The van der Waals surface area contributed by atoms with Crippen LogP contribution in [0.5, 0.6) is 11.5 Å². The molecule has 0 bridgehead atoms. The first-order valence-electron chi connectivity index (χ1n) is 10.2. The Kier molecular flexibility index (Phi) is 4.80. The molecule has 3 aliphatic heterocycles. The Hall–Kier alpha value is -3.10. The summed E-state index contributed by atoms with van der Waals surface area (Å²) in [4.78, 5) is 28.5. The third-order valence-electron chi connectivity index (χ3n) is 6.03. The van der Waals surface area contributed by atoms with Gasteiger partial charge in [-0.25, -0.2) is 10.4 Å². The number of ether oxygens (including phenoxy) is 2. The van der Waals surface area contributed by atoms with Crippen LogP contribution in [0.3, 0.4) is 0 Å². The lowest BCUT2D eigenvalue weighted by Gasteiger charge is -2.37. The molecule has 8 heteroatoms. The Morgan fingerprint density at radius 1 is 1.13 bits per heavy atom. The van der Waals surface area contributed by atoms with E-state index in [0.717, 1.165) is 12.2 Å². The monoisotopic (exact) mass is 408 g/mol. The van der Waals surface area contributed by atoms with E-state index in [1.165, 1.54) is 0 Å². The number of hydrogen-bond acceptors (Lipinski definition) is 6. The van der Waals surface area contributed by atoms with Gasteiger partial charge in [0.15, 0.2) is 11.5 Å². The maximum Gasteiger partial charge on any atom is 0.247 e. The number of amides is 2. The van der Waals surface area contributed by atoms with Gasteiger partial charge in [-0.05, 0) is 30.8 Å². The van der Waals surface area contributed by atoms with Crippen molar-refractivity contribution in [1.29, 1.82) is 0 Å². The molecular weight excluding hydrogens is 384 g/mol. The molecule has 2 saturated heterocycles. The van der Waals surface area contributed by atoms with Gasteiger partial charge in [0.05, 0.1) is 23.6 Å². The lowest BCUT2D eigenvalue weighted by molar-refractivity contribution is -0.126.